The molecule has 2 nitrogen and oxygen atoms in total. The van der Waals surface area contributed by atoms with E-state index in [1.165, 1.54) is 5.56 Å². The number of carbonyl (C=O) groups is 1. The first-order valence-electron chi connectivity index (χ1n) is 5.03. The summed E-state index contributed by atoms with van der Waals surface area (Å²) in [7, 11) is 0. The first-order valence-corrected chi connectivity index (χ1v) is 5.91. The van der Waals surface area contributed by atoms with Crippen molar-refractivity contribution in [3.05, 3.63) is 21.9 Å². The molecule has 0 atom stereocenters. The summed E-state index contributed by atoms with van der Waals surface area (Å²) in [5.41, 5.74) is 1.18. The fraction of sp³-hybridized carbons (Fsp3) is 0.545. The van der Waals surface area contributed by atoms with Crippen LogP contribution < -0.4 is 5.32 Å². The molecular formula is C11H18ClNOS. The molecule has 4 heteroatoms. The highest BCUT2D eigenvalue weighted by atomic mass is 35.5. The van der Waals surface area contributed by atoms with E-state index in [1.807, 2.05) is 18.4 Å². The second-order valence-corrected chi connectivity index (χ2v) is 4.32. The van der Waals surface area contributed by atoms with E-state index < -0.39 is 0 Å². The van der Waals surface area contributed by atoms with Gasteiger partial charge in [0.2, 0.25) is 0 Å². The summed E-state index contributed by atoms with van der Waals surface area (Å²) in [6.07, 6.45) is 1.73. The Balaban J connectivity index is 0.00000196. The molecule has 15 heavy (non-hydrogen) atoms. The van der Waals surface area contributed by atoms with Crippen LogP contribution in [0.15, 0.2) is 11.4 Å². The van der Waals surface area contributed by atoms with Crippen LogP contribution in [-0.2, 0) is 0 Å². The summed E-state index contributed by atoms with van der Waals surface area (Å²) in [4.78, 5) is 12.5. The molecule has 0 amide bonds. The molecule has 0 spiro atoms. The molecule has 1 rings (SSSR count). The number of hydrogen-bond donors (Lipinski definition) is 1. The molecule has 1 aromatic rings. The number of Topliss-reactive ketones (excluding diaryl/α,β-unsaturated/α-hetero) is 1. The number of hydrogen-bond acceptors (Lipinski definition) is 3. The van der Waals surface area contributed by atoms with Gasteiger partial charge in [-0.1, -0.05) is 6.92 Å². The van der Waals surface area contributed by atoms with E-state index in [0.29, 0.717) is 6.42 Å². The zero-order chi connectivity index (χ0) is 10.4. The predicted molar refractivity (Wildman–Crippen MR) is 68.4 cm³/mol. The van der Waals surface area contributed by atoms with E-state index in [9.17, 15) is 4.79 Å². The minimum atomic E-state index is 0. The van der Waals surface area contributed by atoms with Gasteiger partial charge in [0.05, 0.1) is 4.88 Å². The Kier molecular flexibility index (Phi) is 7.65. The first-order chi connectivity index (χ1) is 6.74. The molecule has 0 radical (unpaired) electrons. The topological polar surface area (TPSA) is 29.1 Å². The van der Waals surface area contributed by atoms with E-state index >= 15 is 0 Å². The lowest BCUT2D eigenvalue weighted by atomic mass is 10.2. The summed E-state index contributed by atoms with van der Waals surface area (Å²) in [6.45, 7) is 5.93. The van der Waals surface area contributed by atoms with Crippen LogP contribution >= 0.6 is 23.7 Å². The number of ketones is 1. The Morgan fingerprint density at radius 3 is 2.73 bits per heavy atom. The number of nitrogens with one attached hydrogen (secondary N) is 1. The number of carbonyl (C=O) groups excluding carboxylic acids is 1. The van der Waals surface area contributed by atoms with Crippen molar-refractivity contribution in [3.63, 3.8) is 0 Å². The second kappa shape index (κ2) is 7.85. The van der Waals surface area contributed by atoms with Crippen LogP contribution in [0.3, 0.4) is 0 Å². The van der Waals surface area contributed by atoms with E-state index in [-0.39, 0.29) is 18.2 Å². The van der Waals surface area contributed by atoms with Gasteiger partial charge in [-0.25, -0.2) is 0 Å². The van der Waals surface area contributed by atoms with Crippen molar-refractivity contribution >= 4 is 29.5 Å². The average Bonchev–Trinajstić information content (AvgIpc) is 2.59. The summed E-state index contributed by atoms with van der Waals surface area (Å²) >= 11 is 1.54. The average molecular weight is 248 g/mol. The highest BCUT2D eigenvalue weighted by molar-refractivity contribution is 7.12. The number of halogens is 1. The lowest BCUT2D eigenvalue weighted by molar-refractivity contribution is 0.0986. The molecule has 0 aliphatic carbocycles. The maximum absolute atomic E-state index is 11.6. The van der Waals surface area contributed by atoms with Crippen molar-refractivity contribution in [2.24, 2.45) is 0 Å². The van der Waals surface area contributed by atoms with Crippen LogP contribution in [0.25, 0.3) is 0 Å². The predicted octanol–water partition coefficient (Wildman–Crippen LogP) is 3.05. The Morgan fingerprint density at radius 2 is 2.20 bits per heavy atom. The molecule has 0 saturated heterocycles. The van der Waals surface area contributed by atoms with Crippen LogP contribution in [0.2, 0.25) is 0 Å². The molecule has 0 aromatic carbocycles. The fourth-order valence-corrected chi connectivity index (χ4v) is 2.07. The molecule has 0 fully saturated rings. The van der Waals surface area contributed by atoms with Gasteiger partial charge in [0, 0.05) is 13.0 Å². The Labute approximate surface area is 101 Å². The molecule has 1 N–H and O–H groups in total. The molecule has 1 aromatic heterocycles. The van der Waals surface area contributed by atoms with Crippen molar-refractivity contribution in [2.75, 3.05) is 13.1 Å². The molecule has 86 valence electrons. The highest BCUT2D eigenvalue weighted by Crippen LogP contribution is 2.15. The van der Waals surface area contributed by atoms with Crippen LogP contribution in [-0.4, -0.2) is 18.9 Å². The summed E-state index contributed by atoms with van der Waals surface area (Å²) in [6, 6.07) is 1.97. The van der Waals surface area contributed by atoms with Gasteiger partial charge in [0.1, 0.15) is 0 Å². The van der Waals surface area contributed by atoms with E-state index in [0.717, 1.165) is 24.4 Å². The third kappa shape index (κ3) is 5.30. The van der Waals surface area contributed by atoms with Gasteiger partial charge in [0.25, 0.3) is 0 Å². The number of thiophene rings is 1. The van der Waals surface area contributed by atoms with Crippen molar-refractivity contribution in [1.82, 2.24) is 5.32 Å². The maximum Gasteiger partial charge on any atom is 0.174 e. The quantitative estimate of drug-likeness (QED) is 0.619. The van der Waals surface area contributed by atoms with Crippen molar-refractivity contribution in [3.8, 4) is 0 Å². The summed E-state index contributed by atoms with van der Waals surface area (Å²) < 4.78 is 0. The first kappa shape index (κ1) is 14.6. The summed E-state index contributed by atoms with van der Waals surface area (Å²) in [5.74, 6) is 0.256. The lowest BCUT2D eigenvalue weighted by Gasteiger charge is -2.00. The molecule has 1 heterocycles. The standard InChI is InChI=1S/C11H17NOS.ClH/c1-3-5-12-6-4-10(13)11-7-9(2)8-14-11;/h7-8,12H,3-6H2,1-2H3;1H. The SMILES string of the molecule is CCCNCCC(=O)c1cc(C)cs1.Cl. The van der Waals surface area contributed by atoms with Gasteiger partial charge in [-0.05, 0) is 36.9 Å². The van der Waals surface area contributed by atoms with Gasteiger partial charge in [-0.2, -0.15) is 0 Å². The fourth-order valence-electron chi connectivity index (χ4n) is 1.20. The number of rotatable bonds is 6. The zero-order valence-electron chi connectivity index (χ0n) is 9.21. The van der Waals surface area contributed by atoms with Crippen LogP contribution in [0, 0.1) is 6.92 Å². The van der Waals surface area contributed by atoms with Crippen LogP contribution in [0.5, 0.6) is 0 Å². The van der Waals surface area contributed by atoms with E-state index in [4.69, 9.17) is 0 Å². The second-order valence-electron chi connectivity index (χ2n) is 3.41. The normalized spacial score (nSPS) is 9.73. The van der Waals surface area contributed by atoms with Crippen molar-refractivity contribution in [1.29, 1.82) is 0 Å². The van der Waals surface area contributed by atoms with Gasteiger partial charge in [-0.3, -0.25) is 4.79 Å². The molecule has 0 saturated carbocycles. The van der Waals surface area contributed by atoms with E-state index in [1.54, 1.807) is 11.3 Å². The Hall–Kier alpha value is -0.380. The van der Waals surface area contributed by atoms with Gasteiger partial charge < -0.3 is 5.32 Å². The molecule has 0 aliphatic rings. The largest absolute Gasteiger partial charge is 0.316 e. The smallest absolute Gasteiger partial charge is 0.174 e. The highest BCUT2D eigenvalue weighted by Gasteiger charge is 2.06. The Bertz CT molecular complexity index is 299. The molecule has 0 unspecified atom stereocenters. The monoisotopic (exact) mass is 247 g/mol. The Morgan fingerprint density at radius 1 is 1.47 bits per heavy atom. The van der Waals surface area contributed by atoms with Gasteiger partial charge in [0.15, 0.2) is 5.78 Å². The lowest BCUT2D eigenvalue weighted by Crippen LogP contribution is -2.18. The molecule has 0 bridgehead atoms. The third-order valence-corrected chi connectivity index (χ3v) is 3.05. The maximum atomic E-state index is 11.6. The van der Waals surface area contributed by atoms with Crippen molar-refractivity contribution < 1.29 is 4.79 Å². The molecular weight excluding hydrogens is 230 g/mol. The zero-order valence-corrected chi connectivity index (χ0v) is 10.8. The minimum absolute atomic E-state index is 0. The summed E-state index contributed by atoms with van der Waals surface area (Å²) in [5, 5.41) is 5.25. The van der Waals surface area contributed by atoms with Crippen LogP contribution in [0.4, 0.5) is 0 Å². The van der Waals surface area contributed by atoms with Gasteiger partial charge >= 0.3 is 0 Å². The van der Waals surface area contributed by atoms with E-state index in [2.05, 4.69) is 12.2 Å². The third-order valence-electron chi connectivity index (χ3n) is 1.96. The van der Waals surface area contributed by atoms with Crippen LogP contribution in [0.1, 0.15) is 35.0 Å². The molecule has 0 aliphatic heterocycles. The van der Waals surface area contributed by atoms with Gasteiger partial charge in [-0.15, -0.1) is 23.7 Å². The minimum Gasteiger partial charge on any atom is -0.316 e. The number of aryl methyl sites for hydroxylation is 1. The van der Waals surface area contributed by atoms with Crippen molar-refractivity contribution in [2.45, 2.75) is 26.7 Å².